The van der Waals surface area contributed by atoms with Crippen molar-refractivity contribution in [3.8, 4) is 0 Å². The maximum atomic E-state index is 5.67. The van der Waals surface area contributed by atoms with Gasteiger partial charge in [0.1, 0.15) is 0 Å². The lowest BCUT2D eigenvalue weighted by Gasteiger charge is -2.22. The minimum atomic E-state index is 0.0490. The van der Waals surface area contributed by atoms with Gasteiger partial charge in [0.15, 0.2) is 6.29 Å². The van der Waals surface area contributed by atoms with Crippen molar-refractivity contribution in [3.63, 3.8) is 0 Å². The number of hydrogen-bond donors (Lipinski definition) is 1. The van der Waals surface area contributed by atoms with Crippen molar-refractivity contribution in [1.82, 2.24) is 5.32 Å². The second-order valence-corrected chi connectivity index (χ2v) is 4.68. The molecule has 1 aliphatic heterocycles. The highest BCUT2D eigenvalue weighted by molar-refractivity contribution is 5.14. The largest absolute Gasteiger partial charge is 0.353 e. The molecule has 1 aromatic carbocycles. The molecule has 3 nitrogen and oxygen atoms in total. The molecule has 1 aliphatic rings. The van der Waals surface area contributed by atoms with Crippen molar-refractivity contribution >= 4 is 0 Å². The quantitative estimate of drug-likeness (QED) is 0.754. The Bertz CT molecular complexity index is 310. The molecule has 0 aromatic heterocycles. The van der Waals surface area contributed by atoms with Crippen LogP contribution in [0.1, 0.15) is 31.2 Å². The van der Waals surface area contributed by atoms with Gasteiger partial charge in [-0.1, -0.05) is 30.3 Å². The number of hydrogen-bond acceptors (Lipinski definition) is 3. The molecule has 1 N–H and O–H groups in total. The molecule has 1 atom stereocenters. The first kappa shape index (κ1) is 13.5. The van der Waals surface area contributed by atoms with Crippen LogP contribution in [0.5, 0.6) is 0 Å². The standard InChI is InChI=1S/C15H23NO2/c1-2-7-14(8-3-1)13-16-10-6-12-18-15-9-4-5-11-17-15/h1-3,7-8,15-16H,4-6,9-13H2. The zero-order chi connectivity index (χ0) is 12.5. The van der Waals surface area contributed by atoms with Crippen LogP contribution < -0.4 is 5.32 Å². The van der Waals surface area contributed by atoms with Gasteiger partial charge in [0.25, 0.3) is 0 Å². The smallest absolute Gasteiger partial charge is 0.157 e. The van der Waals surface area contributed by atoms with Crippen molar-refractivity contribution in [1.29, 1.82) is 0 Å². The van der Waals surface area contributed by atoms with E-state index in [0.29, 0.717) is 0 Å². The van der Waals surface area contributed by atoms with Crippen LogP contribution in [0.25, 0.3) is 0 Å². The van der Waals surface area contributed by atoms with E-state index < -0.39 is 0 Å². The van der Waals surface area contributed by atoms with E-state index in [-0.39, 0.29) is 6.29 Å². The molecular formula is C15H23NO2. The first-order valence-electron chi connectivity index (χ1n) is 6.93. The first-order chi connectivity index (χ1) is 8.95. The van der Waals surface area contributed by atoms with Gasteiger partial charge < -0.3 is 14.8 Å². The van der Waals surface area contributed by atoms with Gasteiger partial charge in [-0.25, -0.2) is 0 Å². The Morgan fingerprint density at radius 1 is 1.22 bits per heavy atom. The second-order valence-electron chi connectivity index (χ2n) is 4.68. The van der Waals surface area contributed by atoms with Crippen LogP contribution in [0.4, 0.5) is 0 Å². The minimum Gasteiger partial charge on any atom is -0.353 e. The second kappa shape index (κ2) is 8.25. The van der Waals surface area contributed by atoms with E-state index in [0.717, 1.165) is 39.1 Å². The molecule has 1 saturated heterocycles. The molecule has 1 heterocycles. The number of nitrogens with one attached hydrogen (secondary N) is 1. The lowest BCUT2D eigenvalue weighted by Crippen LogP contribution is -2.24. The van der Waals surface area contributed by atoms with E-state index in [2.05, 4.69) is 29.6 Å². The van der Waals surface area contributed by atoms with Crippen LogP contribution in [-0.4, -0.2) is 26.0 Å². The van der Waals surface area contributed by atoms with E-state index in [4.69, 9.17) is 9.47 Å². The molecule has 0 spiro atoms. The molecule has 3 heteroatoms. The highest BCUT2D eigenvalue weighted by Crippen LogP contribution is 2.13. The monoisotopic (exact) mass is 249 g/mol. The zero-order valence-electron chi connectivity index (χ0n) is 10.9. The average Bonchev–Trinajstić information content (AvgIpc) is 2.45. The Hall–Kier alpha value is -0.900. The third-order valence-electron chi connectivity index (χ3n) is 3.11. The SMILES string of the molecule is c1ccc(CNCCCOC2CCCCO2)cc1. The molecule has 1 unspecified atom stereocenters. The maximum absolute atomic E-state index is 5.67. The van der Waals surface area contributed by atoms with Gasteiger partial charge in [-0.15, -0.1) is 0 Å². The molecule has 100 valence electrons. The topological polar surface area (TPSA) is 30.5 Å². The van der Waals surface area contributed by atoms with Crippen LogP contribution in [-0.2, 0) is 16.0 Å². The molecule has 0 aliphatic carbocycles. The third-order valence-corrected chi connectivity index (χ3v) is 3.11. The lowest BCUT2D eigenvalue weighted by molar-refractivity contribution is -0.162. The summed E-state index contributed by atoms with van der Waals surface area (Å²) in [4.78, 5) is 0. The molecule has 1 aromatic rings. The Morgan fingerprint density at radius 2 is 2.11 bits per heavy atom. The fraction of sp³-hybridized carbons (Fsp3) is 0.600. The van der Waals surface area contributed by atoms with E-state index in [1.165, 1.54) is 18.4 Å². The van der Waals surface area contributed by atoms with Crippen LogP contribution in [0.2, 0.25) is 0 Å². The van der Waals surface area contributed by atoms with Gasteiger partial charge >= 0.3 is 0 Å². The Balaban J connectivity index is 1.46. The molecule has 0 bridgehead atoms. The highest BCUT2D eigenvalue weighted by Gasteiger charge is 2.13. The predicted molar refractivity (Wildman–Crippen MR) is 72.3 cm³/mol. The average molecular weight is 249 g/mol. The Labute approximate surface area is 109 Å². The third kappa shape index (κ3) is 5.17. The fourth-order valence-corrected chi connectivity index (χ4v) is 2.08. The number of rotatable bonds is 7. The summed E-state index contributed by atoms with van der Waals surface area (Å²) in [6.07, 6.45) is 4.55. The Morgan fingerprint density at radius 3 is 2.89 bits per heavy atom. The summed E-state index contributed by atoms with van der Waals surface area (Å²) in [6.45, 7) is 3.56. The summed E-state index contributed by atoms with van der Waals surface area (Å²) in [5.41, 5.74) is 1.33. The molecule has 0 radical (unpaired) electrons. The van der Waals surface area contributed by atoms with Crippen molar-refractivity contribution < 1.29 is 9.47 Å². The molecule has 1 fully saturated rings. The van der Waals surface area contributed by atoms with Gasteiger partial charge in [-0.3, -0.25) is 0 Å². The van der Waals surface area contributed by atoms with Crippen molar-refractivity contribution in [2.24, 2.45) is 0 Å². The number of benzene rings is 1. The van der Waals surface area contributed by atoms with Crippen molar-refractivity contribution in [2.75, 3.05) is 19.8 Å². The van der Waals surface area contributed by atoms with Gasteiger partial charge in [0.2, 0.25) is 0 Å². The molecule has 0 amide bonds. The molecular weight excluding hydrogens is 226 g/mol. The lowest BCUT2D eigenvalue weighted by atomic mass is 10.2. The summed E-state index contributed by atoms with van der Waals surface area (Å²) in [7, 11) is 0. The minimum absolute atomic E-state index is 0.0490. The van der Waals surface area contributed by atoms with Gasteiger partial charge in [0.05, 0.1) is 6.61 Å². The van der Waals surface area contributed by atoms with Gasteiger partial charge in [0, 0.05) is 13.2 Å². The predicted octanol–water partition coefficient (Wildman–Crippen LogP) is 2.71. The zero-order valence-corrected chi connectivity index (χ0v) is 10.9. The van der Waals surface area contributed by atoms with Crippen LogP contribution in [0, 0.1) is 0 Å². The summed E-state index contributed by atoms with van der Waals surface area (Å²) in [6, 6.07) is 10.5. The number of ether oxygens (including phenoxy) is 2. The summed E-state index contributed by atoms with van der Waals surface area (Å²) >= 11 is 0. The normalized spacial score (nSPS) is 19.9. The highest BCUT2D eigenvalue weighted by atomic mass is 16.7. The Kier molecular flexibility index (Phi) is 6.20. The van der Waals surface area contributed by atoms with Crippen molar-refractivity contribution in [3.05, 3.63) is 35.9 Å². The summed E-state index contributed by atoms with van der Waals surface area (Å²) in [5.74, 6) is 0. The summed E-state index contributed by atoms with van der Waals surface area (Å²) < 4.78 is 11.2. The van der Waals surface area contributed by atoms with E-state index in [9.17, 15) is 0 Å². The molecule has 0 saturated carbocycles. The van der Waals surface area contributed by atoms with Crippen LogP contribution >= 0.6 is 0 Å². The fourth-order valence-electron chi connectivity index (χ4n) is 2.08. The van der Waals surface area contributed by atoms with E-state index in [1.54, 1.807) is 0 Å². The van der Waals surface area contributed by atoms with E-state index >= 15 is 0 Å². The summed E-state index contributed by atoms with van der Waals surface area (Å²) in [5, 5.41) is 3.42. The molecule has 18 heavy (non-hydrogen) atoms. The molecule has 2 rings (SSSR count). The van der Waals surface area contributed by atoms with Gasteiger partial charge in [-0.05, 0) is 37.8 Å². The maximum Gasteiger partial charge on any atom is 0.157 e. The van der Waals surface area contributed by atoms with Crippen molar-refractivity contribution in [2.45, 2.75) is 38.5 Å². The van der Waals surface area contributed by atoms with E-state index in [1.807, 2.05) is 6.07 Å². The van der Waals surface area contributed by atoms with Crippen LogP contribution in [0.3, 0.4) is 0 Å². The first-order valence-corrected chi connectivity index (χ1v) is 6.93. The van der Waals surface area contributed by atoms with Gasteiger partial charge in [-0.2, -0.15) is 0 Å². The van der Waals surface area contributed by atoms with Crippen LogP contribution in [0.15, 0.2) is 30.3 Å².